The number of fused-ring (bicyclic) bond motifs is 1. The number of aromatic nitrogens is 2. The van der Waals surface area contributed by atoms with Gasteiger partial charge in [0.05, 0.1) is 28.3 Å². The number of nitrogens with two attached hydrogens (primary N) is 5. The third-order valence-corrected chi connectivity index (χ3v) is 7.67. The number of aromatic amines is 1. The summed E-state index contributed by atoms with van der Waals surface area (Å²) in [6.07, 6.45) is 0. The number of anilines is 1. The van der Waals surface area contributed by atoms with Crippen LogP contribution in [-0.4, -0.2) is 56.1 Å². The SMILES string of the molecule is NN/N=C(\N)c1c(-c2cccc3[nH]c(N)nc23)ccc(S(=O)(=O)C[C@H](N)CO)c1S(N)(=O)=O. The second-order valence-corrected chi connectivity index (χ2v) is 10.5. The molecule has 3 rings (SSSR count). The standard InChI is InChI=1S/C17H23N9O5S2/c18-8(6-27)7-32(28,29)12-5-4-9(10-2-1-3-11-14(10)24-17(20)23-11)13(16(19)25-26-21)15(12)33(22,30)31/h1-5,8,26-27H,6-7,18,21H2,(H2,19,25)(H3,20,23,24)(H2,22,30,31)/t8-/m1/s1. The van der Waals surface area contributed by atoms with Gasteiger partial charge in [-0.05, 0) is 17.7 Å². The highest BCUT2D eigenvalue weighted by molar-refractivity contribution is 7.93. The summed E-state index contributed by atoms with van der Waals surface area (Å²) in [5, 5.41) is 18.2. The van der Waals surface area contributed by atoms with Gasteiger partial charge in [-0.3, -0.25) is 0 Å². The number of aliphatic hydroxyl groups is 1. The molecule has 14 nitrogen and oxygen atoms in total. The van der Waals surface area contributed by atoms with Gasteiger partial charge < -0.3 is 27.3 Å². The number of nitrogens with zero attached hydrogens (tertiary/aromatic N) is 2. The summed E-state index contributed by atoms with van der Waals surface area (Å²) < 4.78 is 51.3. The minimum absolute atomic E-state index is 0.105. The first kappa shape index (κ1) is 24.4. The first-order valence-electron chi connectivity index (χ1n) is 9.23. The summed E-state index contributed by atoms with van der Waals surface area (Å²) in [4.78, 5) is 5.60. The molecule has 1 aromatic heterocycles. The number of hydrogen-bond donors (Lipinski definition) is 8. The predicted octanol–water partition coefficient (Wildman–Crippen LogP) is -2.36. The minimum Gasteiger partial charge on any atom is -0.395 e. The zero-order valence-corrected chi connectivity index (χ0v) is 18.7. The fraction of sp³-hybridized carbons (Fsp3) is 0.176. The number of hydrogen-bond acceptors (Lipinski definition) is 11. The number of nitrogens with one attached hydrogen (secondary N) is 2. The Morgan fingerprint density at radius 3 is 2.48 bits per heavy atom. The van der Waals surface area contributed by atoms with E-state index in [1.165, 1.54) is 6.07 Å². The van der Waals surface area contributed by atoms with Crippen molar-refractivity contribution in [2.45, 2.75) is 15.8 Å². The van der Waals surface area contributed by atoms with Gasteiger partial charge in [0.2, 0.25) is 10.0 Å². The maximum atomic E-state index is 13.0. The number of nitrogen functional groups attached to an aromatic ring is 1. The van der Waals surface area contributed by atoms with Crippen LogP contribution in [0.3, 0.4) is 0 Å². The van der Waals surface area contributed by atoms with Crippen LogP contribution in [0.15, 0.2) is 45.2 Å². The Hall–Kier alpha value is -3.28. The number of imidazole rings is 1. The van der Waals surface area contributed by atoms with Gasteiger partial charge in [0, 0.05) is 17.2 Å². The first-order valence-corrected chi connectivity index (χ1v) is 12.4. The van der Waals surface area contributed by atoms with E-state index in [2.05, 4.69) is 15.1 Å². The fourth-order valence-corrected chi connectivity index (χ4v) is 6.47. The van der Waals surface area contributed by atoms with E-state index >= 15 is 0 Å². The molecule has 0 aliphatic heterocycles. The molecule has 33 heavy (non-hydrogen) atoms. The summed E-state index contributed by atoms with van der Waals surface area (Å²) in [6, 6.07) is 6.18. The van der Waals surface area contributed by atoms with Gasteiger partial charge in [-0.2, -0.15) is 0 Å². The zero-order valence-electron chi connectivity index (χ0n) is 17.1. The zero-order chi connectivity index (χ0) is 24.6. The van der Waals surface area contributed by atoms with Crippen molar-refractivity contribution >= 4 is 42.7 Å². The van der Waals surface area contributed by atoms with Crippen molar-refractivity contribution in [2.24, 2.45) is 27.6 Å². The molecule has 1 heterocycles. The number of benzene rings is 2. The lowest BCUT2D eigenvalue weighted by Crippen LogP contribution is -2.34. The third-order valence-electron chi connectivity index (χ3n) is 4.67. The van der Waals surface area contributed by atoms with E-state index in [9.17, 15) is 16.8 Å². The summed E-state index contributed by atoms with van der Waals surface area (Å²) >= 11 is 0. The van der Waals surface area contributed by atoms with Crippen LogP contribution in [0.1, 0.15) is 5.56 Å². The fourth-order valence-electron chi connectivity index (χ4n) is 3.39. The molecular weight excluding hydrogens is 474 g/mol. The summed E-state index contributed by atoms with van der Waals surface area (Å²) in [5.41, 5.74) is 20.4. The van der Waals surface area contributed by atoms with Gasteiger partial charge in [-0.1, -0.05) is 18.2 Å². The van der Waals surface area contributed by atoms with E-state index in [1.807, 2.05) is 5.53 Å². The minimum atomic E-state index is -4.70. The molecule has 0 saturated carbocycles. The second kappa shape index (κ2) is 8.93. The van der Waals surface area contributed by atoms with Crippen LogP contribution < -0.4 is 33.7 Å². The second-order valence-electron chi connectivity index (χ2n) is 7.03. The Balaban J connectivity index is 2.48. The van der Waals surface area contributed by atoms with Gasteiger partial charge in [-0.15, -0.1) is 5.10 Å². The van der Waals surface area contributed by atoms with Crippen LogP contribution in [0.4, 0.5) is 5.95 Å². The summed E-state index contributed by atoms with van der Waals surface area (Å²) in [6.45, 7) is -0.641. The molecule has 0 fully saturated rings. The number of para-hydroxylation sites is 1. The molecule has 178 valence electrons. The molecule has 1 atom stereocenters. The van der Waals surface area contributed by atoms with Crippen LogP contribution in [0, 0.1) is 0 Å². The largest absolute Gasteiger partial charge is 0.395 e. The predicted molar refractivity (Wildman–Crippen MR) is 122 cm³/mol. The van der Waals surface area contributed by atoms with Crippen LogP contribution >= 0.6 is 0 Å². The molecule has 0 unspecified atom stereocenters. The molecule has 3 aromatic rings. The van der Waals surface area contributed by atoms with Gasteiger partial charge >= 0.3 is 0 Å². The number of rotatable bonds is 8. The highest BCUT2D eigenvalue weighted by Crippen LogP contribution is 2.36. The van der Waals surface area contributed by atoms with Crippen molar-refractivity contribution in [2.75, 3.05) is 18.1 Å². The molecule has 0 spiro atoms. The number of amidine groups is 1. The monoisotopic (exact) mass is 497 g/mol. The van der Waals surface area contributed by atoms with Crippen molar-refractivity contribution in [3.05, 3.63) is 35.9 Å². The van der Waals surface area contributed by atoms with Crippen molar-refractivity contribution in [1.29, 1.82) is 0 Å². The molecule has 2 aromatic carbocycles. The quantitative estimate of drug-likeness (QED) is 0.0705. The Kier molecular flexibility index (Phi) is 6.59. The van der Waals surface area contributed by atoms with Crippen molar-refractivity contribution in [3.8, 4) is 11.1 Å². The van der Waals surface area contributed by atoms with E-state index < -0.39 is 53.9 Å². The molecule has 16 heteroatoms. The van der Waals surface area contributed by atoms with Crippen molar-refractivity contribution in [3.63, 3.8) is 0 Å². The summed E-state index contributed by atoms with van der Waals surface area (Å²) in [7, 11) is -9.04. The van der Waals surface area contributed by atoms with Crippen LogP contribution in [0.25, 0.3) is 22.2 Å². The molecule has 0 radical (unpaired) electrons. The lowest BCUT2D eigenvalue weighted by atomic mass is 9.97. The lowest BCUT2D eigenvalue weighted by Gasteiger charge is -2.18. The highest BCUT2D eigenvalue weighted by atomic mass is 32.2. The first-order chi connectivity index (χ1) is 15.4. The molecule has 0 aliphatic carbocycles. The molecule has 0 saturated heterocycles. The smallest absolute Gasteiger partial charge is 0.240 e. The Morgan fingerprint density at radius 1 is 1.18 bits per heavy atom. The topological polar surface area (TPSA) is 272 Å². The number of aliphatic hydroxyl groups excluding tert-OH is 1. The molecule has 13 N–H and O–H groups in total. The van der Waals surface area contributed by atoms with E-state index in [-0.39, 0.29) is 17.1 Å². The number of sulfonamides is 1. The number of hydrazone groups is 1. The molecule has 0 amide bonds. The number of hydrazine groups is 1. The van der Waals surface area contributed by atoms with Crippen LogP contribution in [0.5, 0.6) is 0 Å². The van der Waals surface area contributed by atoms with Crippen LogP contribution in [-0.2, 0) is 19.9 Å². The Labute approximate surface area is 188 Å². The van der Waals surface area contributed by atoms with Gasteiger partial charge in [0.1, 0.15) is 4.90 Å². The van der Waals surface area contributed by atoms with Gasteiger partial charge in [-0.25, -0.2) is 38.3 Å². The highest BCUT2D eigenvalue weighted by Gasteiger charge is 2.32. The third kappa shape index (κ3) is 4.75. The summed E-state index contributed by atoms with van der Waals surface area (Å²) in [5.74, 6) is 4.12. The average molecular weight is 498 g/mol. The van der Waals surface area contributed by atoms with Gasteiger partial charge in [0.25, 0.3) is 0 Å². The van der Waals surface area contributed by atoms with Crippen molar-refractivity contribution < 1.29 is 21.9 Å². The van der Waals surface area contributed by atoms with Gasteiger partial charge in [0.15, 0.2) is 21.6 Å². The Bertz CT molecular complexity index is 1450. The normalized spacial score (nSPS) is 13.9. The van der Waals surface area contributed by atoms with E-state index in [1.54, 1.807) is 18.2 Å². The molecule has 0 bridgehead atoms. The van der Waals surface area contributed by atoms with E-state index in [0.717, 1.165) is 6.07 Å². The Morgan fingerprint density at radius 2 is 1.88 bits per heavy atom. The number of sulfone groups is 1. The molecular formula is C17H23N9O5S2. The maximum Gasteiger partial charge on any atom is 0.240 e. The van der Waals surface area contributed by atoms with Crippen molar-refractivity contribution in [1.82, 2.24) is 15.5 Å². The number of H-pyrrole nitrogens is 1. The maximum absolute atomic E-state index is 13.0. The average Bonchev–Trinajstić information content (AvgIpc) is 3.12. The van der Waals surface area contributed by atoms with E-state index in [0.29, 0.717) is 16.6 Å². The molecule has 0 aliphatic rings. The van der Waals surface area contributed by atoms with Crippen LogP contribution in [0.2, 0.25) is 0 Å². The van der Waals surface area contributed by atoms with E-state index in [4.69, 9.17) is 33.3 Å². The lowest BCUT2D eigenvalue weighted by molar-refractivity contribution is 0.274. The number of primary sulfonamides is 1.